The number of nitrogens with zero attached hydrogens (tertiary/aromatic N) is 3. The SMILES string of the molecule is NC1(C(=O)N2CCN(Cc3ccccn3)CC2)CCC1. The molecule has 0 aromatic carbocycles. The summed E-state index contributed by atoms with van der Waals surface area (Å²) >= 11 is 0. The molecule has 0 atom stereocenters. The number of carbonyl (C=O) groups is 1. The fourth-order valence-corrected chi connectivity index (χ4v) is 2.92. The number of nitrogens with two attached hydrogens (primary N) is 1. The summed E-state index contributed by atoms with van der Waals surface area (Å²) in [6, 6.07) is 5.98. The van der Waals surface area contributed by atoms with Gasteiger partial charge in [0.25, 0.3) is 0 Å². The van der Waals surface area contributed by atoms with Gasteiger partial charge >= 0.3 is 0 Å². The van der Waals surface area contributed by atoms with Crippen molar-refractivity contribution in [3.05, 3.63) is 30.1 Å². The summed E-state index contributed by atoms with van der Waals surface area (Å²) in [7, 11) is 0. The van der Waals surface area contributed by atoms with Crippen molar-refractivity contribution < 1.29 is 4.79 Å². The van der Waals surface area contributed by atoms with E-state index in [9.17, 15) is 4.79 Å². The molecule has 1 aromatic rings. The number of pyridine rings is 1. The molecule has 0 spiro atoms. The van der Waals surface area contributed by atoms with Crippen LogP contribution < -0.4 is 5.73 Å². The zero-order valence-electron chi connectivity index (χ0n) is 11.8. The highest BCUT2D eigenvalue weighted by atomic mass is 16.2. The molecule has 2 N–H and O–H groups in total. The molecule has 20 heavy (non-hydrogen) atoms. The molecule has 0 bridgehead atoms. The first-order valence-electron chi connectivity index (χ1n) is 7.38. The number of carbonyl (C=O) groups excluding carboxylic acids is 1. The van der Waals surface area contributed by atoms with Gasteiger partial charge in [-0.3, -0.25) is 14.7 Å². The minimum Gasteiger partial charge on any atom is -0.339 e. The number of rotatable bonds is 3. The fourth-order valence-electron chi connectivity index (χ4n) is 2.92. The largest absolute Gasteiger partial charge is 0.339 e. The maximum absolute atomic E-state index is 12.3. The highest BCUT2D eigenvalue weighted by Gasteiger charge is 2.43. The van der Waals surface area contributed by atoms with Gasteiger partial charge in [0.1, 0.15) is 0 Å². The molecule has 1 aliphatic heterocycles. The molecule has 3 rings (SSSR count). The van der Waals surface area contributed by atoms with Crippen molar-refractivity contribution in [1.29, 1.82) is 0 Å². The van der Waals surface area contributed by atoms with Crippen molar-refractivity contribution in [2.75, 3.05) is 26.2 Å². The van der Waals surface area contributed by atoms with E-state index in [-0.39, 0.29) is 5.91 Å². The van der Waals surface area contributed by atoms with Gasteiger partial charge in [0, 0.05) is 38.9 Å². The van der Waals surface area contributed by atoms with Crippen molar-refractivity contribution >= 4 is 5.91 Å². The minimum absolute atomic E-state index is 0.154. The molecule has 2 heterocycles. The third-order valence-electron chi connectivity index (χ3n) is 4.44. The Hall–Kier alpha value is -1.46. The minimum atomic E-state index is -0.552. The van der Waals surface area contributed by atoms with Gasteiger partial charge in [-0.05, 0) is 31.4 Å². The topological polar surface area (TPSA) is 62.5 Å². The van der Waals surface area contributed by atoms with Gasteiger partial charge in [0.2, 0.25) is 5.91 Å². The molecule has 0 radical (unpaired) electrons. The average Bonchev–Trinajstić information content (AvgIpc) is 2.46. The van der Waals surface area contributed by atoms with Crippen LogP contribution in [0.2, 0.25) is 0 Å². The molecule has 1 saturated carbocycles. The van der Waals surface area contributed by atoms with E-state index in [0.29, 0.717) is 0 Å². The van der Waals surface area contributed by atoms with Gasteiger partial charge in [-0.15, -0.1) is 0 Å². The van der Waals surface area contributed by atoms with Crippen LogP contribution in [0.15, 0.2) is 24.4 Å². The fraction of sp³-hybridized carbons (Fsp3) is 0.600. The number of amides is 1. The smallest absolute Gasteiger partial charge is 0.242 e. The van der Waals surface area contributed by atoms with Crippen LogP contribution in [-0.4, -0.2) is 52.4 Å². The summed E-state index contributed by atoms with van der Waals surface area (Å²) in [4.78, 5) is 21.0. The monoisotopic (exact) mass is 274 g/mol. The molecule has 1 amide bonds. The number of hydrogen-bond donors (Lipinski definition) is 1. The van der Waals surface area contributed by atoms with Gasteiger partial charge in [-0.25, -0.2) is 0 Å². The average molecular weight is 274 g/mol. The molecule has 1 aliphatic carbocycles. The van der Waals surface area contributed by atoms with Crippen LogP contribution in [-0.2, 0) is 11.3 Å². The molecule has 1 aromatic heterocycles. The number of hydrogen-bond acceptors (Lipinski definition) is 4. The zero-order chi connectivity index (χ0) is 14.0. The van der Waals surface area contributed by atoms with Gasteiger partial charge in [0.05, 0.1) is 11.2 Å². The van der Waals surface area contributed by atoms with E-state index in [0.717, 1.165) is 57.7 Å². The van der Waals surface area contributed by atoms with E-state index in [4.69, 9.17) is 5.73 Å². The Morgan fingerprint density at radius 3 is 2.55 bits per heavy atom. The summed E-state index contributed by atoms with van der Waals surface area (Å²) in [5, 5.41) is 0. The zero-order valence-corrected chi connectivity index (χ0v) is 11.8. The highest BCUT2D eigenvalue weighted by Crippen LogP contribution is 2.31. The van der Waals surface area contributed by atoms with E-state index >= 15 is 0 Å². The Morgan fingerprint density at radius 2 is 2.00 bits per heavy atom. The molecular formula is C15H22N4O. The van der Waals surface area contributed by atoms with E-state index in [1.54, 1.807) is 0 Å². The predicted octanol–water partition coefficient (Wildman–Crippen LogP) is 0.607. The molecule has 2 fully saturated rings. The molecular weight excluding hydrogens is 252 g/mol. The lowest BCUT2D eigenvalue weighted by atomic mass is 9.76. The van der Waals surface area contributed by atoms with Crippen LogP contribution in [0.5, 0.6) is 0 Å². The van der Waals surface area contributed by atoms with Gasteiger partial charge < -0.3 is 10.6 Å². The molecule has 5 heteroatoms. The van der Waals surface area contributed by atoms with Gasteiger partial charge in [0.15, 0.2) is 0 Å². The van der Waals surface area contributed by atoms with Crippen LogP contribution in [0, 0.1) is 0 Å². The lowest BCUT2D eigenvalue weighted by molar-refractivity contribution is -0.142. The molecule has 2 aliphatic rings. The van der Waals surface area contributed by atoms with E-state index < -0.39 is 5.54 Å². The molecule has 108 valence electrons. The first-order chi connectivity index (χ1) is 9.67. The van der Waals surface area contributed by atoms with E-state index in [1.807, 2.05) is 29.3 Å². The Labute approximate surface area is 119 Å². The van der Waals surface area contributed by atoms with Crippen LogP contribution in [0.1, 0.15) is 25.0 Å². The standard InChI is InChI=1S/C15H22N4O/c16-15(5-3-6-15)14(20)19-10-8-18(9-11-19)12-13-4-1-2-7-17-13/h1-2,4,7H,3,5-6,8-12,16H2. The van der Waals surface area contributed by atoms with E-state index in [2.05, 4.69) is 9.88 Å². The van der Waals surface area contributed by atoms with Crippen LogP contribution in [0.3, 0.4) is 0 Å². The van der Waals surface area contributed by atoms with Crippen LogP contribution in [0.4, 0.5) is 0 Å². The first kappa shape index (κ1) is 13.5. The summed E-state index contributed by atoms with van der Waals surface area (Å²) < 4.78 is 0. The quantitative estimate of drug-likeness (QED) is 0.877. The number of aromatic nitrogens is 1. The van der Waals surface area contributed by atoms with Gasteiger partial charge in [-0.2, -0.15) is 0 Å². The van der Waals surface area contributed by atoms with Gasteiger partial charge in [-0.1, -0.05) is 6.07 Å². The van der Waals surface area contributed by atoms with Crippen molar-refractivity contribution in [3.63, 3.8) is 0 Å². The Balaban J connectivity index is 1.51. The lowest BCUT2D eigenvalue weighted by Gasteiger charge is -2.43. The summed E-state index contributed by atoms with van der Waals surface area (Å²) in [6.45, 7) is 4.22. The summed E-state index contributed by atoms with van der Waals surface area (Å²) in [5.74, 6) is 0.154. The first-order valence-corrected chi connectivity index (χ1v) is 7.38. The second-order valence-electron chi connectivity index (χ2n) is 5.90. The van der Waals surface area contributed by atoms with Crippen molar-refractivity contribution in [2.24, 2.45) is 5.73 Å². The number of piperazine rings is 1. The Bertz CT molecular complexity index is 464. The third-order valence-corrected chi connectivity index (χ3v) is 4.44. The second kappa shape index (κ2) is 5.50. The predicted molar refractivity (Wildman–Crippen MR) is 76.9 cm³/mol. The Kier molecular flexibility index (Phi) is 3.72. The van der Waals surface area contributed by atoms with Crippen molar-refractivity contribution in [2.45, 2.75) is 31.3 Å². The Morgan fingerprint density at radius 1 is 1.25 bits per heavy atom. The van der Waals surface area contributed by atoms with Crippen molar-refractivity contribution in [3.8, 4) is 0 Å². The molecule has 5 nitrogen and oxygen atoms in total. The maximum Gasteiger partial charge on any atom is 0.242 e. The molecule has 1 saturated heterocycles. The third kappa shape index (κ3) is 2.69. The normalized spacial score (nSPS) is 22.4. The van der Waals surface area contributed by atoms with Crippen LogP contribution >= 0.6 is 0 Å². The maximum atomic E-state index is 12.3. The summed E-state index contributed by atoms with van der Waals surface area (Å²) in [6.07, 6.45) is 4.60. The van der Waals surface area contributed by atoms with E-state index in [1.165, 1.54) is 0 Å². The summed E-state index contributed by atoms with van der Waals surface area (Å²) in [5.41, 5.74) is 6.65. The highest BCUT2D eigenvalue weighted by molar-refractivity contribution is 5.87. The van der Waals surface area contributed by atoms with Crippen molar-refractivity contribution in [1.82, 2.24) is 14.8 Å². The second-order valence-corrected chi connectivity index (χ2v) is 5.90. The van der Waals surface area contributed by atoms with Crippen LogP contribution in [0.25, 0.3) is 0 Å². The lowest BCUT2D eigenvalue weighted by Crippen LogP contribution is -2.62. The molecule has 0 unspecified atom stereocenters.